The third-order valence-corrected chi connectivity index (χ3v) is 6.42. The van der Waals surface area contributed by atoms with Gasteiger partial charge in [-0.15, -0.1) is 0 Å². The van der Waals surface area contributed by atoms with Gasteiger partial charge >= 0.3 is 0 Å². The van der Waals surface area contributed by atoms with Crippen LogP contribution in [-0.4, -0.2) is 46.3 Å². The molecule has 8 heteroatoms. The van der Waals surface area contributed by atoms with Crippen molar-refractivity contribution in [1.82, 2.24) is 25.4 Å². The van der Waals surface area contributed by atoms with Gasteiger partial charge in [-0.3, -0.25) is 0 Å². The third kappa shape index (κ3) is 3.46. The lowest BCUT2D eigenvalue weighted by atomic mass is 9.99. The predicted octanol–water partition coefficient (Wildman–Crippen LogP) is 3.98. The van der Waals surface area contributed by atoms with Crippen LogP contribution in [0.15, 0.2) is 41.2 Å². The molecule has 1 aromatic carbocycles. The zero-order valence-electron chi connectivity index (χ0n) is 17.3. The van der Waals surface area contributed by atoms with E-state index < -0.39 is 0 Å². The summed E-state index contributed by atoms with van der Waals surface area (Å²) in [6.45, 7) is 4.01. The number of rotatable bonds is 4. The van der Waals surface area contributed by atoms with Gasteiger partial charge < -0.3 is 20.1 Å². The van der Waals surface area contributed by atoms with Gasteiger partial charge in [-0.05, 0) is 37.1 Å². The van der Waals surface area contributed by atoms with Crippen LogP contribution in [0.1, 0.15) is 37.3 Å². The summed E-state index contributed by atoms with van der Waals surface area (Å²) in [5, 5.41) is 13.1. The van der Waals surface area contributed by atoms with Crippen LogP contribution in [-0.2, 0) is 0 Å². The Morgan fingerprint density at radius 2 is 1.87 bits per heavy atom. The number of aromatic nitrogens is 4. The van der Waals surface area contributed by atoms with Crippen molar-refractivity contribution in [1.29, 1.82) is 0 Å². The molecular formula is C23H25N7O. The van der Waals surface area contributed by atoms with E-state index in [0.717, 1.165) is 78.1 Å². The Bertz CT molecular complexity index is 1210. The summed E-state index contributed by atoms with van der Waals surface area (Å²) in [6.07, 6.45) is 8.59. The maximum atomic E-state index is 5.65. The number of hydrogen-bond donors (Lipinski definition) is 2. The summed E-state index contributed by atoms with van der Waals surface area (Å²) in [6, 6.07) is 8.04. The van der Waals surface area contributed by atoms with Crippen molar-refractivity contribution < 1.29 is 4.52 Å². The monoisotopic (exact) mass is 415 g/mol. The fourth-order valence-corrected chi connectivity index (χ4v) is 4.77. The first-order chi connectivity index (χ1) is 15.3. The van der Waals surface area contributed by atoms with Gasteiger partial charge in [-0.1, -0.05) is 18.0 Å². The third-order valence-electron chi connectivity index (χ3n) is 6.42. The van der Waals surface area contributed by atoms with Crippen molar-refractivity contribution in [2.24, 2.45) is 0 Å². The minimum atomic E-state index is 0.456. The lowest BCUT2D eigenvalue weighted by molar-refractivity contribution is 0.437. The molecule has 1 aliphatic carbocycles. The predicted molar refractivity (Wildman–Crippen MR) is 121 cm³/mol. The van der Waals surface area contributed by atoms with Gasteiger partial charge in [-0.2, -0.15) is 0 Å². The highest BCUT2D eigenvalue weighted by Gasteiger charge is 2.25. The van der Waals surface area contributed by atoms with Gasteiger partial charge in [-0.25, -0.2) is 15.0 Å². The molecule has 158 valence electrons. The highest BCUT2D eigenvalue weighted by atomic mass is 16.5. The van der Waals surface area contributed by atoms with E-state index in [9.17, 15) is 0 Å². The van der Waals surface area contributed by atoms with Crippen LogP contribution in [0, 0.1) is 0 Å². The molecule has 1 saturated heterocycles. The second-order valence-electron chi connectivity index (χ2n) is 8.38. The Hall–Kier alpha value is -3.26. The number of nitrogens with one attached hydrogen (secondary N) is 2. The molecule has 1 saturated carbocycles. The zero-order chi connectivity index (χ0) is 20.6. The first-order valence-corrected chi connectivity index (χ1v) is 11.1. The van der Waals surface area contributed by atoms with Crippen LogP contribution in [0.4, 0.5) is 17.5 Å². The van der Waals surface area contributed by atoms with Crippen LogP contribution in [0.5, 0.6) is 0 Å². The Balaban J connectivity index is 1.31. The van der Waals surface area contributed by atoms with Crippen molar-refractivity contribution in [2.75, 3.05) is 36.4 Å². The number of piperazine rings is 1. The fourth-order valence-electron chi connectivity index (χ4n) is 4.77. The van der Waals surface area contributed by atoms with Crippen molar-refractivity contribution in [3.05, 3.63) is 42.4 Å². The minimum absolute atomic E-state index is 0.456. The molecule has 1 aliphatic heterocycles. The fraction of sp³-hybridized carbons (Fsp3) is 0.391. The lowest BCUT2D eigenvalue weighted by Gasteiger charge is -2.29. The maximum absolute atomic E-state index is 5.65. The summed E-state index contributed by atoms with van der Waals surface area (Å²) in [4.78, 5) is 16.3. The molecule has 2 fully saturated rings. The molecule has 0 unspecified atom stereocenters. The molecule has 2 aliphatic rings. The molecular weight excluding hydrogens is 390 g/mol. The summed E-state index contributed by atoms with van der Waals surface area (Å²) >= 11 is 0. The van der Waals surface area contributed by atoms with E-state index in [1.54, 1.807) is 0 Å². The summed E-state index contributed by atoms with van der Waals surface area (Å²) in [5.41, 5.74) is 3.85. The number of benzene rings is 1. The maximum Gasteiger partial charge on any atom is 0.228 e. The summed E-state index contributed by atoms with van der Waals surface area (Å²) < 4.78 is 5.65. The number of hydrogen-bond acceptors (Lipinski definition) is 8. The van der Waals surface area contributed by atoms with Gasteiger partial charge in [0.25, 0.3) is 0 Å². The van der Waals surface area contributed by atoms with Crippen LogP contribution in [0.25, 0.3) is 21.9 Å². The van der Waals surface area contributed by atoms with E-state index in [1.165, 1.54) is 12.8 Å². The van der Waals surface area contributed by atoms with E-state index in [-0.39, 0.29) is 0 Å². The van der Waals surface area contributed by atoms with E-state index >= 15 is 0 Å². The Morgan fingerprint density at radius 3 is 2.68 bits per heavy atom. The number of fused-ring (bicyclic) bond motifs is 3. The molecule has 3 aromatic heterocycles. The summed E-state index contributed by atoms with van der Waals surface area (Å²) in [5.74, 6) is 1.71. The standard InChI is InChI=1S/C23H25N7O/c1-2-4-15(3-1)22-20-18(31-29-22)7-5-16-13-26-23(28-21(16)20)27-19-8-6-17(14-25-19)30-11-9-24-10-12-30/h5-8,13-15,24H,1-4,9-12H2,(H,25,26,27,28). The first kappa shape index (κ1) is 18.5. The second-order valence-corrected chi connectivity index (χ2v) is 8.38. The highest BCUT2D eigenvalue weighted by Crippen LogP contribution is 2.39. The van der Waals surface area contributed by atoms with Gasteiger partial charge in [0.2, 0.25) is 5.95 Å². The Kier molecular flexibility index (Phi) is 4.64. The quantitative estimate of drug-likeness (QED) is 0.517. The Labute approximate surface area is 180 Å². The highest BCUT2D eigenvalue weighted by molar-refractivity contribution is 6.04. The average Bonchev–Trinajstić information content (AvgIpc) is 3.50. The zero-order valence-corrected chi connectivity index (χ0v) is 17.3. The largest absolute Gasteiger partial charge is 0.368 e. The number of anilines is 3. The lowest BCUT2D eigenvalue weighted by Crippen LogP contribution is -2.43. The van der Waals surface area contributed by atoms with Crippen molar-refractivity contribution in [2.45, 2.75) is 31.6 Å². The topological polar surface area (TPSA) is 92.0 Å². The van der Waals surface area contributed by atoms with Crippen LogP contribution < -0.4 is 15.5 Å². The molecule has 0 spiro atoms. The average molecular weight is 416 g/mol. The molecule has 31 heavy (non-hydrogen) atoms. The molecule has 0 atom stereocenters. The molecule has 2 N–H and O–H groups in total. The van der Waals surface area contributed by atoms with Gasteiger partial charge in [0.05, 0.1) is 28.5 Å². The number of nitrogens with zero attached hydrogens (tertiary/aromatic N) is 5. The van der Waals surface area contributed by atoms with E-state index in [1.807, 2.05) is 30.6 Å². The minimum Gasteiger partial charge on any atom is -0.368 e. The van der Waals surface area contributed by atoms with E-state index in [2.05, 4.69) is 36.7 Å². The Morgan fingerprint density at radius 1 is 1.00 bits per heavy atom. The molecule has 4 aromatic rings. The smallest absolute Gasteiger partial charge is 0.228 e. The second kappa shape index (κ2) is 7.77. The van der Waals surface area contributed by atoms with Crippen molar-refractivity contribution >= 4 is 39.3 Å². The normalized spacial score (nSPS) is 17.6. The van der Waals surface area contributed by atoms with Gasteiger partial charge in [0.15, 0.2) is 5.58 Å². The molecule has 0 radical (unpaired) electrons. The molecule has 8 nitrogen and oxygen atoms in total. The van der Waals surface area contributed by atoms with E-state index in [4.69, 9.17) is 9.51 Å². The first-order valence-electron chi connectivity index (χ1n) is 11.1. The SMILES string of the molecule is c1cc(Nc2ncc3ccc4onc(C5CCCC5)c4c3n2)ncc1N1CCNCC1. The van der Waals surface area contributed by atoms with E-state index in [0.29, 0.717) is 11.9 Å². The molecule has 0 bridgehead atoms. The van der Waals surface area contributed by atoms with Crippen LogP contribution >= 0.6 is 0 Å². The molecule has 0 amide bonds. The molecule has 4 heterocycles. The van der Waals surface area contributed by atoms with Crippen molar-refractivity contribution in [3.63, 3.8) is 0 Å². The summed E-state index contributed by atoms with van der Waals surface area (Å²) in [7, 11) is 0. The van der Waals surface area contributed by atoms with Crippen molar-refractivity contribution in [3.8, 4) is 0 Å². The van der Waals surface area contributed by atoms with Crippen LogP contribution in [0.3, 0.4) is 0 Å². The van der Waals surface area contributed by atoms with Gasteiger partial charge in [0.1, 0.15) is 5.82 Å². The number of pyridine rings is 1. The van der Waals surface area contributed by atoms with Gasteiger partial charge in [0, 0.05) is 43.7 Å². The molecule has 6 rings (SSSR count). The van der Waals surface area contributed by atoms with Crippen LogP contribution in [0.2, 0.25) is 0 Å².